The highest BCUT2D eigenvalue weighted by Crippen LogP contribution is 2.63. The molecule has 0 unspecified atom stereocenters. The Morgan fingerprint density at radius 2 is 1.82 bits per heavy atom. The molecule has 0 spiro atoms. The lowest BCUT2D eigenvalue weighted by molar-refractivity contribution is -0.136. The minimum absolute atomic E-state index is 0.0447. The molecule has 0 aromatic heterocycles. The first kappa shape index (κ1) is 23.9. The number of halogens is 4. The van der Waals surface area contributed by atoms with E-state index < -0.39 is 28.8 Å². The summed E-state index contributed by atoms with van der Waals surface area (Å²) >= 11 is 5.98. The second-order valence-corrected chi connectivity index (χ2v) is 11.6. The second-order valence-electron chi connectivity index (χ2n) is 11.2. The molecule has 1 aromatic rings. The highest BCUT2D eigenvalue weighted by atomic mass is 35.5. The van der Waals surface area contributed by atoms with Crippen molar-refractivity contribution in [2.24, 2.45) is 11.3 Å². The van der Waals surface area contributed by atoms with Crippen LogP contribution in [-0.4, -0.2) is 59.0 Å². The fourth-order valence-corrected chi connectivity index (χ4v) is 6.89. The fraction of sp³-hybridized carbons (Fsp3) is 0.680. The summed E-state index contributed by atoms with van der Waals surface area (Å²) < 4.78 is 45.1. The Balaban J connectivity index is 1.34. The average Bonchev–Trinajstić information content (AvgIpc) is 3.40. The minimum Gasteiger partial charge on any atom is -0.348 e. The number of rotatable bonds is 5. The maximum Gasteiger partial charge on any atom is 0.226 e. The number of benzene rings is 1. The molecule has 2 aliphatic heterocycles. The molecule has 186 valence electrons. The topological polar surface area (TPSA) is 52.7 Å². The molecule has 2 heterocycles. The van der Waals surface area contributed by atoms with E-state index in [2.05, 4.69) is 17.1 Å². The van der Waals surface area contributed by atoms with Gasteiger partial charge in [0.1, 0.15) is 17.3 Å². The van der Waals surface area contributed by atoms with Gasteiger partial charge in [0.05, 0.1) is 17.0 Å². The third-order valence-electron chi connectivity index (χ3n) is 8.99. The first-order chi connectivity index (χ1) is 16.0. The molecular weight excluding hydrogens is 467 g/mol. The Labute approximate surface area is 203 Å². The Hall–Kier alpha value is -1.80. The molecule has 2 saturated heterocycles. The van der Waals surface area contributed by atoms with Crippen LogP contribution < -0.4 is 5.32 Å². The van der Waals surface area contributed by atoms with Gasteiger partial charge in [0.2, 0.25) is 11.8 Å². The van der Waals surface area contributed by atoms with E-state index in [0.717, 1.165) is 18.6 Å². The lowest BCUT2D eigenvalue weighted by Crippen LogP contribution is -2.63. The molecule has 2 aliphatic carbocycles. The number of alkyl halides is 1. The van der Waals surface area contributed by atoms with Crippen molar-refractivity contribution < 1.29 is 22.8 Å². The number of likely N-dealkylation sites (tertiary alicyclic amines) is 2. The maximum atomic E-state index is 15.1. The molecule has 5 rings (SSSR count). The van der Waals surface area contributed by atoms with Gasteiger partial charge in [-0.1, -0.05) is 11.6 Å². The van der Waals surface area contributed by atoms with E-state index in [4.69, 9.17) is 11.6 Å². The van der Waals surface area contributed by atoms with Crippen LogP contribution >= 0.6 is 11.6 Å². The largest absolute Gasteiger partial charge is 0.348 e. The van der Waals surface area contributed by atoms with Crippen molar-refractivity contribution in [1.82, 2.24) is 15.1 Å². The van der Waals surface area contributed by atoms with Crippen molar-refractivity contribution >= 4 is 23.4 Å². The van der Waals surface area contributed by atoms with Crippen LogP contribution in [0.15, 0.2) is 12.1 Å². The van der Waals surface area contributed by atoms with Crippen LogP contribution in [0, 0.1) is 23.0 Å². The highest BCUT2D eigenvalue weighted by molar-refractivity contribution is 6.30. The standard InChI is InChI=1S/C25H31ClF3N3O2/c1-15(33)31-10-9-23(2,14-31)32-11-16(12-32)22(34)30-21(19-18(27)4-3-17(26)20(19)28)24-5-7-25(29,13-24)8-6-24/h3-4,16,21H,5-14H2,1-2H3,(H,30,34)/t21-,23-,24?,25?/m1/s1. The predicted octanol–water partition coefficient (Wildman–Crippen LogP) is 4.39. The normalized spacial score (nSPS) is 34.4. The molecule has 2 atom stereocenters. The lowest BCUT2D eigenvalue weighted by atomic mass is 9.73. The second kappa shape index (κ2) is 8.12. The zero-order valence-electron chi connectivity index (χ0n) is 19.6. The smallest absolute Gasteiger partial charge is 0.226 e. The third kappa shape index (κ3) is 3.81. The molecule has 4 aliphatic rings. The van der Waals surface area contributed by atoms with Crippen molar-refractivity contribution in [3.63, 3.8) is 0 Å². The number of nitrogens with one attached hydrogen (secondary N) is 1. The summed E-state index contributed by atoms with van der Waals surface area (Å²) in [7, 11) is 0. The SMILES string of the molecule is CC(=O)N1CC[C@@](C)(N2CC(C(=O)N[C@H](c3c(F)ccc(Cl)c3F)C34CCC(F)(CC3)C4)C2)C1. The Bertz CT molecular complexity index is 1020. The van der Waals surface area contributed by atoms with E-state index >= 15 is 8.78 Å². The lowest BCUT2D eigenvalue weighted by Gasteiger charge is -2.49. The van der Waals surface area contributed by atoms with E-state index in [1.54, 1.807) is 6.92 Å². The number of nitrogens with zero attached hydrogens (tertiary/aromatic N) is 2. The van der Waals surface area contributed by atoms with E-state index in [0.29, 0.717) is 51.9 Å². The molecule has 2 saturated carbocycles. The van der Waals surface area contributed by atoms with Gasteiger partial charge in [-0.3, -0.25) is 14.5 Å². The number of carbonyl (C=O) groups is 2. The van der Waals surface area contributed by atoms with Crippen LogP contribution in [0.25, 0.3) is 0 Å². The summed E-state index contributed by atoms with van der Waals surface area (Å²) in [5.41, 5.74) is -2.50. The van der Waals surface area contributed by atoms with Gasteiger partial charge < -0.3 is 10.2 Å². The number of amides is 2. The quantitative estimate of drug-likeness (QED) is 0.614. The van der Waals surface area contributed by atoms with Gasteiger partial charge in [-0.05, 0) is 63.0 Å². The van der Waals surface area contributed by atoms with Gasteiger partial charge >= 0.3 is 0 Å². The van der Waals surface area contributed by atoms with Crippen LogP contribution in [0.4, 0.5) is 13.2 Å². The number of fused-ring (bicyclic) bond motifs is 2. The molecule has 5 nitrogen and oxygen atoms in total. The van der Waals surface area contributed by atoms with Crippen molar-refractivity contribution in [2.45, 2.75) is 69.6 Å². The molecule has 9 heteroatoms. The van der Waals surface area contributed by atoms with Gasteiger partial charge in [-0.2, -0.15) is 0 Å². The summed E-state index contributed by atoms with van der Waals surface area (Å²) in [6.07, 6.45) is 2.64. The molecule has 4 fully saturated rings. The third-order valence-corrected chi connectivity index (χ3v) is 9.28. The van der Waals surface area contributed by atoms with Crippen LogP contribution in [0.3, 0.4) is 0 Å². The number of carbonyl (C=O) groups excluding carboxylic acids is 2. The molecule has 0 radical (unpaired) electrons. The summed E-state index contributed by atoms with van der Waals surface area (Å²) in [6.45, 7) is 6.01. The van der Waals surface area contributed by atoms with E-state index in [1.165, 1.54) is 0 Å². The van der Waals surface area contributed by atoms with Crippen molar-refractivity contribution in [2.75, 3.05) is 26.2 Å². The van der Waals surface area contributed by atoms with Gasteiger partial charge in [0.25, 0.3) is 0 Å². The van der Waals surface area contributed by atoms with Crippen LogP contribution in [0.2, 0.25) is 5.02 Å². The maximum absolute atomic E-state index is 15.1. The average molecular weight is 498 g/mol. The number of hydrogen-bond acceptors (Lipinski definition) is 3. The van der Waals surface area contributed by atoms with Crippen LogP contribution in [-0.2, 0) is 9.59 Å². The van der Waals surface area contributed by atoms with Crippen molar-refractivity contribution in [1.29, 1.82) is 0 Å². The summed E-state index contributed by atoms with van der Waals surface area (Å²) in [5, 5.41) is 2.72. The van der Waals surface area contributed by atoms with E-state index in [1.807, 2.05) is 4.90 Å². The minimum atomic E-state index is -1.33. The first-order valence-electron chi connectivity index (χ1n) is 12.1. The molecular formula is C25H31ClF3N3O2. The molecule has 1 N–H and O–H groups in total. The molecule has 2 amide bonds. The predicted molar refractivity (Wildman–Crippen MR) is 122 cm³/mol. The zero-order chi connectivity index (χ0) is 24.5. The van der Waals surface area contributed by atoms with Crippen LogP contribution in [0.5, 0.6) is 0 Å². The monoisotopic (exact) mass is 497 g/mol. The van der Waals surface area contributed by atoms with Crippen LogP contribution in [0.1, 0.15) is 64.0 Å². The van der Waals surface area contributed by atoms with E-state index in [9.17, 15) is 14.0 Å². The Kier molecular flexibility index (Phi) is 5.71. The van der Waals surface area contributed by atoms with E-state index in [-0.39, 0.29) is 40.3 Å². The molecule has 34 heavy (non-hydrogen) atoms. The van der Waals surface area contributed by atoms with Crippen molar-refractivity contribution in [3.05, 3.63) is 34.4 Å². The number of hydrogen-bond donors (Lipinski definition) is 1. The van der Waals surface area contributed by atoms with Gasteiger partial charge in [-0.15, -0.1) is 0 Å². The van der Waals surface area contributed by atoms with Gasteiger partial charge in [-0.25, -0.2) is 13.2 Å². The first-order valence-corrected chi connectivity index (χ1v) is 12.5. The van der Waals surface area contributed by atoms with Crippen molar-refractivity contribution in [3.8, 4) is 0 Å². The molecule has 2 bridgehead atoms. The summed E-state index contributed by atoms with van der Waals surface area (Å²) in [4.78, 5) is 29.0. The summed E-state index contributed by atoms with van der Waals surface area (Å²) in [5.74, 6) is -2.22. The highest BCUT2D eigenvalue weighted by Gasteiger charge is 2.60. The van der Waals surface area contributed by atoms with Gasteiger partial charge in [0, 0.05) is 44.2 Å². The zero-order valence-corrected chi connectivity index (χ0v) is 20.4. The summed E-state index contributed by atoms with van der Waals surface area (Å²) in [6, 6.07) is 1.30. The van der Waals surface area contributed by atoms with Gasteiger partial charge in [0.15, 0.2) is 0 Å². The Morgan fingerprint density at radius 1 is 1.15 bits per heavy atom. The Morgan fingerprint density at radius 3 is 2.38 bits per heavy atom. The fourth-order valence-electron chi connectivity index (χ4n) is 6.73. The molecule has 1 aromatic carbocycles.